The molecule has 2 heterocycles. The molecule has 0 bridgehead atoms. The molecular weight excluding hydrogens is 439 g/mol. The van der Waals surface area contributed by atoms with Gasteiger partial charge >= 0.3 is 167 Å². The second-order valence-corrected chi connectivity index (χ2v) is 14.0. The summed E-state index contributed by atoms with van der Waals surface area (Å²) in [6.45, 7) is 18.0. The van der Waals surface area contributed by atoms with Gasteiger partial charge in [-0.15, -0.1) is 0 Å². The van der Waals surface area contributed by atoms with E-state index in [9.17, 15) is 0 Å². The standard InChI is InChI=1S/C10H21NO2.C9H19NO2.Sn/c1-4-5-6-11(7-8-12)9-10(2,3)13;1-3-4-5-10(6-7-11)8-9(2)12;/h4-9H2,1-3H3;9H,3-8H2,1-2H3;/q2*-2;+4. The van der Waals surface area contributed by atoms with Gasteiger partial charge in [0, 0.05) is 0 Å². The first-order valence-corrected chi connectivity index (χ1v) is 15.1. The van der Waals surface area contributed by atoms with Crippen molar-refractivity contribution in [3.8, 4) is 0 Å². The minimum absolute atomic E-state index is 0.0781. The van der Waals surface area contributed by atoms with E-state index in [-0.39, 0.29) is 11.7 Å². The summed E-state index contributed by atoms with van der Waals surface area (Å²) in [6, 6.07) is 0. The van der Waals surface area contributed by atoms with Gasteiger partial charge in [0.2, 0.25) is 0 Å². The molecule has 2 unspecified atom stereocenters. The zero-order valence-corrected chi connectivity index (χ0v) is 20.4. The average Bonchev–Trinajstić information content (AvgIpc) is 2.53. The van der Waals surface area contributed by atoms with E-state index in [1.807, 2.05) is 0 Å². The Morgan fingerprint density at radius 3 is 2.15 bits per heavy atom. The van der Waals surface area contributed by atoms with Crippen LogP contribution >= 0.6 is 0 Å². The molecule has 0 aromatic heterocycles. The Kier molecular flexibility index (Phi) is 9.60. The van der Waals surface area contributed by atoms with Crippen molar-refractivity contribution in [2.24, 2.45) is 0 Å². The van der Waals surface area contributed by atoms with Crippen LogP contribution in [0.1, 0.15) is 60.3 Å². The molecule has 1 spiro atoms. The van der Waals surface area contributed by atoms with Crippen molar-refractivity contribution in [3.05, 3.63) is 0 Å². The third kappa shape index (κ3) is 7.53. The van der Waals surface area contributed by atoms with Gasteiger partial charge in [0.05, 0.1) is 0 Å². The molecule has 0 saturated carbocycles. The Morgan fingerprint density at radius 2 is 1.54 bits per heavy atom. The monoisotopic (exact) mass is 480 g/mol. The summed E-state index contributed by atoms with van der Waals surface area (Å²) in [5, 5.41) is 0. The molecule has 2 saturated heterocycles. The summed E-state index contributed by atoms with van der Waals surface area (Å²) in [4.78, 5) is 4.88. The molecule has 2 atom stereocenters. The summed E-state index contributed by atoms with van der Waals surface area (Å²) in [6.07, 6.45) is 4.93. The predicted molar refractivity (Wildman–Crippen MR) is 106 cm³/mol. The maximum atomic E-state index is 6.52. The maximum absolute atomic E-state index is 6.52. The number of hydrogen-bond acceptors (Lipinski definition) is 6. The molecule has 154 valence electrons. The van der Waals surface area contributed by atoms with Gasteiger partial charge in [-0.2, -0.15) is 0 Å². The number of rotatable bonds is 6. The van der Waals surface area contributed by atoms with Crippen LogP contribution in [0.4, 0.5) is 0 Å². The molecule has 26 heavy (non-hydrogen) atoms. The molecule has 0 N–H and O–H groups in total. The number of nitrogens with zero attached hydrogens (tertiary/aromatic N) is 2. The minimum atomic E-state index is -3.99. The van der Waals surface area contributed by atoms with Crippen molar-refractivity contribution in [1.29, 1.82) is 0 Å². The average molecular weight is 479 g/mol. The SMILES string of the molecule is CCCCN1CC[O][Sn]2([O]CCN(CCCC)CC(C)(C)[O]2)[O]C(C)C1. The van der Waals surface area contributed by atoms with Crippen molar-refractivity contribution < 1.29 is 12.3 Å². The molecule has 0 aromatic rings. The molecule has 2 fully saturated rings. The van der Waals surface area contributed by atoms with Gasteiger partial charge in [-0.1, -0.05) is 0 Å². The van der Waals surface area contributed by atoms with Gasteiger partial charge in [-0.3, -0.25) is 0 Å². The summed E-state index contributed by atoms with van der Waals surface area (Å²) in [5.41, 5.74) is -0.314. The van der Waals surface area contributed by atoms with Crippen LogP contribution in [0.5, 0.6) is 0 Å². The first kappa shape index (κ1) is 22.8. The van der Waals surface area contributed by atoms with Crippen molar-refractivity contribution in [2.45, 2.75) is 72.0 Å². The molecule has 2 aliphatic heterocycles. The Morgan fingerprint density at radius 1 is 0.962 bits per heavy atom. The van der Waals surface area contributed by atoms with Crippen LogP contribution < -0.4 is 0 Å². The third-order valence-corrected chi connectivity index (χ3v) is 12.3. The fraction of sp³-hybridized carbons (Fsp3) is 1.00. The quantitative estimate of drug-likeness (QED) is 0.547. The molecule has 0 radical (unpaired) electrons. The first-order valence-electron chi connectivity index (χ1n) is 10.5. The Hall–Kier alpha value is 0.559. The van der Waals surface area contributed by atoms with E-state index < -0.39 is 20.0 Å². The third-order valence-electron chi connectivity index (χ3n) is 4.90. The van der Waals surface area contributed by atoms with Crippen LogP contribution in [0.2, 0.25) is 0 Å². The summed E-state index contributed by atoms with van der Waals surface area (Å²) < 4.78 is 25.4. The summed E-state index contributed by atoms with van der Waals surface area (Å²) in [7, 11) is 0. The van der Waals surface area contributed by atoms with Crippen LogP contribution in [0.25, 0.3) is 0 Å². The molecule has 0 aliphatic carbocycles. The molecule has 2 rings (SSSR count). The number of unbranched alkanes of at least 4 members (excludes halogenated alkanes) is 2. The number of hydrogen-bond donors (Lipinski definition) is 0. The molecule has 0 amide bonds. The van der Waals surface area contributed by atoms with Crippen molar-refractivity contribution in [3.63, 3.8) is 0 Å². The van der Waals surface area contributed by atoms with E-state index in [1.54, 1.807) is 0 Å². The second kappa shape index (κ2) is 10.9. The van der Waals surface area contributed by atoms with E-state index in [0.29, 0.717) is 13.2 Å². The summed E-state index contributed by atoms with van der Waals surface area (Å²) in [5.74, 6) is 0. The van der Waals surface area contributed by atoms with E-state index in [1.165, 1.54) is 25.7 Å². The van der Waals surface area contributed by atoms with Gasteiger partial charge in [-0.25, -0.2) is 0 Å². The topological polar surface area (TPSA) is 43.4 Å². The van der Waals surface area contributed by atoms with Gasteiger partial charge in [0.15, 0.2) is 0 Å². The molecule has 7 heteroatoms. The van der Waals surface area contributed by atoms with Gasteiger partial charge < -0.3 is 0 Å². The van der Waals surface area contributed by atoms with E-state index >= 15 is 0 Å². The van der Waals surface area contributed by atoms with E-state index in [4.69, 9.17) is 12.3 Å². The molecular formula is C19H40N2O4Sn. The zero-order valence-electron chi connectivity index (χ0n) is 17.6. The van der Waals surface area contributed by atoms with Crippen molar-refractivity contribution in [1.82, 2.24) is 9.80 Å². The molecule has 0 aromatic carbocycles. The van der Waals surface area contributed by atoms with E-state index in [0.717, 1.165) is 39.3 Å². The first-order chi connectivity index (χ1) is 12.4. The Balaban J connectivity index is 1.99. The van der Waals surface area contributed by atoms with Crippen molar-refractivity contribution >= 4 is 20.0 Å². The Labute approximate surface area is 166 Å². The van der Waals surface area contributed by atoms with Crippen LogP contribution in [0.3, 0.4) is 0 Å². The van der Waals surface area contributed by atoms with Gasteiger partial charge in [0.1, 0.15) is 0 Å². The molecule has 2 aliphatic rings. The van der Waals surface area contributed by atoms with Gasteiger partial charge in [0.25, 0.3) is 0 Å². The van der Waals surface area contributed by atoms with Crippen LogP contribution in [-0.2, 0) is 12.3 Å². The van der Waals surface area contributed by atoms with Crippen LogP contribution in [0, 0.1) is 0 Å². The molecule has 6 nitrogen and oxygen atoms in total. The fourth-order valence-corrected chi connectivity index (χ4v) is 10.5. The summed E-state index contributed by atoms with van der Waals surface area (Å²) >= 11 is -3.99. The van der Waals surface area contributed by atoms with Crippen LogP contribution in [-0.4, -0.2) is 94.0 Å². The van der Waals surface area contributed by atoms with Crippen molar-refractivity contribution in [2.75, 3.05) is 52.5 Å². The van der Waals surface area contributed by atoms with Gasteiger partial charge in [-0.05, 0) is 0 Å². The fourth-order valence-electron chi connectivity index (χ4n) is 3.68. The Bertz CT molecular complexity index is 407. The van der Waals surface area contributed by atoms with E-state index in [2.05, 4.69) is 44.4 Å². The van der Waals surface area contributed by atoms with Crippen LogP contribution in [0.15, 0.2) is 0 Å². The zero-order chi connectivity index (χ0) is 19.0. The normalized spacial score (nSPS) is 32.0. The predicted octanol–water partition coefficient (Wildman–Crippen LogP) is 2.89. The second-order valence-electron chi connectivity index (χ2n) is 8.27.